The summed E-state index contributed by atoms with van der Waals surface area (Å²) in [6.45, 7) is 1.74. The third-order valence-electron chi connectivity index (χ3n) is 4.50. The number of hydrogen-bond donors (Lipinski definition) is 1. The molecule has 3 aromatic rings. The first-order chi connectivity index (χ1) is 13.4. The summed E-state index contributed by atoms with van der Waals surface area (Å²) >= 11 is 0. The number of aromatic nitrogens is 2. The van der Waals surface area contributed by atoms with Gasteiger partial charge in [-0.05, 0) is 30.7 Å². The molecule has 0 aliphatic carbocycles. The monoisotopic (exact) mass is 397 g/mol. The molecule has 1 amide bonds. The molecule has 1 aliphatic heterocycles. The van der Waals surface area contributed by atoms with Gasteiger partial charge in [0.15, 0.2) is 16.4 Å². The van der Waals surface area contributed by atoms with Gasteiger partial charge in [-0.25, -0.2) is 13.1 Å². The molecule has 0 bridgehead atoms. The Kier molecular flexibility index (Phi) is 4.64. The minimum Gasteiger partial charge on any atom is -0.484 e. The molecule has 0 radical (unpaired) electrons. The van der Waals surface area contributed by atoms with Gasteiger partial charge in [-0.1, -0.05) is 36.4 Å². The molecule has 8 heteroatoms. The number of nitrogens with zero attached hydrogens (tertiary/aromatic N) is 2. The van der Waals surface area contributed by atoms with Crippen LogP contribution >= 0.6 is 0 Å². The van der Waals surface area contributed by atoms with E-state index in [1.807, 2.05) is 49.4 Å². The molecule has 2 aromatic carbocycles. The van der Waals surface area contributed by atoms with Gasteiger partial charge in [0.2, 0.25) is 0 Å². The lowest BCUT2D eigenvalue weighted by Crippen LogP contribution is -2.23. The van der Waals surface area contributed by atoms with Crippen LogP contribution in [0, 0.1) is 6.92 Å². The summed E-state index contributed by atoms with van der Waals surface area (Å²) in [5, 5.41) is 7.27. The molecule has 28 heavy (non-hydrogen) atoms. The number of aryl methyl sites for hydroxylation is 1. The van der Waals surface area contributed by atoms with E-state index >= 15 is 0 Å². The van der Waals surface area contributed by atoms with Crippen LogP contribution in [0.5, 0.6) is 5.75 Å². The Hall–Kier alpha value is -3.13. The van der Waals surface area contributed by atoms with Crippen molar-refractivity contribution in [3.63, 3.8) is 0 Å². The first-order valence-electron chi connectivity index (χ1n) is 8.78. The maximum absolute atomic E-state index is 12.5. The van der Waals surface area contributed by atoms with E-state index < -0.39 is 9.84 Å². The summed E-state index contributed by atoms with van der Waals surface area (Å²) in [5.74, 6) is 0.323. The highest BCUT2D eigenvalue weighted by Crippen LogP contribution is 2.33. The normalized spacial score (nSPS) is 14.5. The van der Waals surface area contributed by atoms with Crippen molar-refractivity contribution < 1.29 is 17.9 Å². The van der Waals surface area contributed by atoms with Gasteiger partial charge in [0.25, 0.3) is 5.91 Å². The lowest BCUT2D eigenvalue weighted by Gasteiger charge is -2.13. The third-order valence-corrected chi connectivity index (χ3v) is 5.94. The second-order valence-corrected chi connectivity index (χ2v) is 8.72. The molecule has 0 saturated carbocycles. The van der Waals surface area contributed by atoms with Crippen LogP contribution in [0.1, 0.15) is 16.8 Å². The molecule has 0 fully saturated rings. The van der Waals surface area contributed by atoms with E-state index in [-0.39, 0.29) is 24.0 Å². The van der Waals surface area contributed by atoms with Crippen molar-refractivity contribution >= 4 is 21.6 Å². The Bertz CT molecular complexity index is 1140. The van der Waals surface area contributed by atoms with Crippen molar-refractivity contribution in [2.75, 3.05) is 11.9 Å². The van der Waals surface area contributed by atoms with Crippen molar-refractivity contribution in [3.8, 4) is 11.4 Å². The SMILES string of the molecule is Cc1ccccc1-n1nc2c(c1NC(=O)COc1ccccc1)CS(=O)(=O)C2. The van der Waals surface area contributed by atoms with Crippen LogP contribution in [0.15, 0.2) is 54.6 Å². The van der Waals surface area contributed by atoms with Gasteiger partial charge in [-0.3, -0.25) is 4.79 Å². The number of benzene rings is 2. The van der Waals surface area contributed by atoms with Gasteiger partial charge in [0, 0.05) is 5.56 Å². The number of sulfone groups is 1. The number of carbonyl (C=O) groups is 1. The number of hydrogen-bond acceptors (Lipinski definition) is 5. The van der Waals surface area contributed by atoms with E-state index in [9.17, 15) is 13.2 Å². The van der Waals surface area contributed by atoms with Crippen LogP contribution in [0.3, 0.4) is 0 Å². The smallest absolute Gasteiger partial charge is 0.263 e. The molecule has 0 atom stereocenters. The molecule has 2 heterocycles. The Labute approximate surface area is 162 Å². The zero-order valence-electron chi connectivity index (χ0n) is 15.3. The van der Waals surface area contributed by atoms with E-state index in [1.54, 1.807) is 16.8 Å². The molecule has 1 aliphatic rings. The standard InChI is InChI=1S/C20H19N3O4S/c1-14-7-5-6-10-18(14)23-20(16-12-28(25,26)13-17(16)22-23)21-19(24)11-27-15-8-3-2-4-9-15/h2-10H,11-13H2,1H3,(H,21,24). The summed E-state index contributed by atoms with van der Waals surface area (Å²) in [6, 6.07) is 16.6. The highest BCUT2D eigenvalue weighted by atomic mass is 32.2. The number of nitrogens with one attached hydrogen (secondary N) is 1. The summed E-state index contributed by atoms with van der Waals surface area (Å²) in [4.78, 5) is 12.5. The molecule has 4 rings (SSSR count). The molecular weight excluding hydrogens is 378 g/mol. The molecule has 0 spiro atoms. The molecular formula is C20H19N3O4S. The Morgan fingerprint density at radius 1 is 1.11 bits per heavy atom. The van der Waals surface area contributed by atoms with Crippen LogP contribution in [-0.4, -0.2) is 30.7 Å². The molecule has 7 nitrogen and oxygen atoms in total. The predicted octanol–water partition coefficient (Wildman–Crippen LogP) is 2.63. The number of amides is 1. The quantitative estimate of drug-likeness (QED) is 0.715. The average Bonchev–Trinajstić information content (AvgIpc) is 3.14. The zero-order valence-corrected chi connectivity index (χ0v) is 16.1. The van der Waals surface area contributed by atoms with Crippen LogP contribution in [-0.2, 0) is 26.1 Å². The van der Waals surface area contributed by atoms with E-state index in [0.717, 1.165) is 11.3 Å². The third kappa shape index (κ3) is 3.63. The Balaban J connectivity index is 1.63. The number of rotatable bonds is 5. The second kappa shape index (κ2) is 7.12. The highest BCUT2D eigenvalue weighted by molar-refractivity contribution is 7.90. The predicted molar refractivity (Wildman–Crippen MR) is 105 cm³/mol. The number of carbonyl (C=O) groups excluding carboxylic acids is 1. The molecule has 0 saturated heterocycles. The summed E-state index contributed by atoms with van der Waals surface area (Å²) in [7, 11) is -3.24. The maximum atomic E-state index is 12.5. The van der Waals surface area contributed by atoms with Gasteiger partial charge in [-0.2, -0.15) is 5.10 Å². The molecule has 1 aromatic heterocycles. The Morgan fingerprint density at radius 3 is 2.57 bits per heavy atom. The van der Waals surface area contributed by atoms with Crippen LogP contribution < -0.4 is 10.1 Å². The lowest BCUT2D eigenvalue weighted by atomic mass is 10.2. The van der Waals surface area contributed by atoms with E-state index in [1.165, 1.54) is 0 Å². The number of anilines is 1. The van der Waals surface area contributed by atoms with Crippen molar-refractivity contribution in [2.24, 2.45) is 0 Å². The van der Waals surface area contributed by atoms with Gasteiger partial charge >= 0.3 is 0 Å². The molecule has 144 valence electrons. The fourth-order valence-electron chi connectivity index (χ4n) is 3.18. The van der Waals surface area contributed by atoms with Crippen LogP contribution in [0.4, 0.5) is 5.82 Å². The van der Waals surface area contributed by atoms with Gasteiger partial charge in [0.05, 0.1) is 22.9 Å². The minimum atomic E-state index is -3.24. The maximum Gasteiger partial charge on any atom is 0.263 e. The largest absolute Gasteiger partial charge is 0.484 e. The highest BCUT2D eigenvalue weighted by Gasteiger charge is 2.33. The summed E-state index contributed by atoms with van der Waals surface area (Å²) in [5.41, 5.74) is 2.76. The van der Waals surface area contributed by atoms with Gasteiger partial charge in [-0.15, -0.1) is 0 Å². The van der Waals surface area contributed by atoms with Crippen molar-refractivity contribution in [3.05, 3.63) is 71.4 Å². The average molecular weight is 397 g/mol. The van der Waals surface area contributed by atoms with Gasteiger partial charge < -0.3 is 10.1 Å². The van der Waals surface area contributed by atoms with Gasteiger partial charge in [0.1, 0.15) is 11.6 Å². The van der Waals surface area contributed by atoms with Crippen LogP contribution in [0.2, 0.25) is 0 Å². The first-order valence-corrected chi connectivity index (χ1v) is 10.6. The topological polar surface area (TPSA) is 90.3 Å². The minimum absolute atomic E-state index is 0.120. The number of para-hydroxylation sites is 2. The first kappa shape index (κ1) is 18.2. The van der Waals surface area contributed by atoms with Crippen molar-refractivity contribution in [1.29, 1.82) is 0 Å². The Morgan fingerprint density at radius 2 is 1.82 bits per heavy atom. The second-order valence-electron chi connectivity index (χ2n) is 6.65. The molecule has 1 N–H and O–H groups in total. The molecule has 0 unspecified atom stereocenters. The van der Waals surface area contributed by atoms with Crippen LogP contribution in [0.25, 0.3) is 5.69 Å². The summed E-state index contributed by atoms with van der Waals surface area (Å²) < 4.78 is 31.1. The van der Waals surface area contributed by atoms with Crippen molar-refractivity contribution in [2.45, 2.75) is 18.4 Å². The number of ether oxygens (including phenoxy) is 1. The number of fused-ring (bicyclic) bond motifs is 1. The van der Waals surface area contributed by atoms with E-state index in [0.29, 0.717) is 22.8 Å². The van der Waals surface area contributed by atoms with Crippen molar-refractivity contribution in [1.82, 2.24) is 9.78 Å². The van der Waals surface area contributed by atoms with E-state index in [4.69, 9.17) is 4.74 Å². The lowest BCUT2D eigenvalue weighted by molar-refractivity contribution is -0.118. The zero-order chi connectivity index (χ0) is 19.7. The van der Waals surface area contributed by atoms with E-state index in [2.05, 4.69) is 10.4 Å². The fraction of sp³-hybridized carbons (Fsp3) is 0.200. The fourth-order valence-corrected chi connectivity index (χ4v) is 4.67. The summed E-state index contributed by atoms with van der Waals surface area (Å²) in [6.07, 6.45) is 0.